The van der Waals surface area contributed by atoms with E-state index in [0.29, 0.717) is 41.4 Å². The van der Waals surface area contributed by atoms with Crippen molar-refractivity contribution >= 4 is 34.7 Å². The summed E-state index contributed by atoms with van der Waals surface area (Å²) in [6, 6.07) is 20.6. The number of benzene rings is 3. The normalized spacial score (nSPS) is 18.4. The van der Waals surface area contributed by atoms with Gasteiger partial charge in [0.05, 0.1) is 31.6 Å². The zero-order valence-electron chi connectivity index (χ0n) is 23.2. The highest BCUT2D eigenvalue weighted by atomic mass is 35.5. The van der Waals surface area contributed by atoms with Gasteiger partial charge >= 0.3 is 0 Å². The van der Waals surface area contributed by atoms with Crippen LogP contribution in [0.5, 0.6) is 11.5 Å². The molecule has 7 heteroatoms. The molecule has 40 heavy (non-hydrogen) atoms. The van der Waals surface area contributed by atoms with Gasteiger partial charge in [-0.2, -0.15) is 0 Å². The lowest BCUT2D eigenvalue weighted by Crippen LogP contribution is -2.38. The van der Waals surface area contributed by atoms with Crippen LogP contribution in [0.3, 0.4) is 0 Å². The maximum Gasteiger partial charge on any atom is 0.227 e. The Kier molecular flexibility index (Phi) is 8.46. The average molecular weight is 559 g/mol. The molecule has 3 aromatic carbocycles. The largest absolute Gasteiger partial charge is 0.493 e. The Morgan fingerprint density at radius 3 is 2.40 bits per heavy atom. The van der Waals surface area contributed by atoms with Gasteiger partial charge in [0.15, 0.2) is 17.3 Å². The molecule has 1 aliphatic heterocycles. The van der Waals surface area contributed by atoms with Crippen LogP contribution < -0.4 is 19.7 Å². The Labute approximate surface area is 240 Å². The number of rotatable bonds is 8. The number of hydrogen-bond acceptors (Lipinski definition) is 5. The smallest absolute Gasteiger partial charge is 0.227 e. The number of carbonyl (C=O) groups excluding carboxylic acids is 2. The molecule has 0 fully saturated rings. The number of amides is 1. The second kappa shape index (κ2) is 12.2. The maximum atomic E-state index is 14.2. The molecule has 1 amide bonds. The second-order valence-corrected chi connectivity index (χ2v) is 10.8. The fraction of sp³-hybridized carbons (Fsp3) is 0.333. The predicted octanol–water partition coefficient (Wildman–Crippen LogP) is 7.84. The number of methoxy groups -OCH3 is 2. The number of allylic oxidation sites excluding steroid dienone is 1. The van der Waals surface area contributed by atoms with E-state index in [2.05, 4.69) is 12.2 Å². The van der Waals surface area contributed by atoms with Crippen molar-refractivity contribution < 1.29 is 19.1 Å². The van der Waals surface area contributed by atoms with Crippen molar-refractivity contribution in [3.63, 3.8) is 0 Å². The molecule has 0 bridgehead atoms. The number of carbonyl (C=O) groups is 2. The topological polar surface area (TPSA) is 67.9 Å². The highest BCUT2D eigenvalue weighted by Crippen LogP contribution is 2.48. The summed E-state index contributed by atoms with van der Waals surface area (Å²) in [5.41, 5.74) is 4.93. The monoisotopic (exact) mass is 558 g/mol. The predicted molar refractivity (Wildman–Crippen MR) is 159 cm³/mol. The molecule has 0 radical (unpaired) electrons. The summed E-state index contributed by atoms with van der Waals surface area (Å²) in [7, 11) is 3.22. The lowest BCUT2D eigenvalue weighted by atomic mass is 9.78. The van der Waals surface area contributed by atoms with E-state index in [1.54, 1.807) is 14.2 Å². The van der Waals surface area contributed by atoms with Crippen molar-refractivity contribution in [2.45, 2.75) is 57.4 Å². The summed E-state index contributed by atoms with van der Waals surface area (Å²) in [5, 5.41) is 4.19. The molecule has 5 rings (SSSR count). The number of fused-ring (bicyclic) bond motifs is 1. The van der Waals surface area contributed by atoms with E-state index >= 15 is 0 Å². The summed E-state index contributed by atoms with van der Waals surface area (Å²) in [5.74, 6) is 1.26. The third kappa shape index (κ3) is 5.46. The number of unbranched alkanes of at least 4 members (excludes halogenated alkanes) is 2. The molecule has 2 aliphatic rings. The van der Waals surface area contributed by atoms with E-state index in [0.717, 1.165) is 47.5 Å². The lowest BCUT2D eigenvalue weighted by Gasteiger charge is -2.35. The molecule has 1 N–H and O–H groups in total. The Balaban J connectivity index is 1.64. The standard InChI is InChI=1S/C33H35ClN2O4/c1-4-5-6-11-31(38)36-27-10-8-7-9-25(27)35-26-18-23(22-14-17-29(39-2)30(20-22)40-3)19-28(37)32(26)33(36)21-12-15-24(34)16-13-21/h7-10,12-17,20,23,33,35H,4-6,11,18-19H2,1-3H3/t23-,33+/m1/s1. The number of halogens is 1. The second-order valence-electron chi connectivity index (χ2n) is 10.4. The summed E-state index contributed by atoms with van der Waals surface area (Å²) in [6.45, 7) is 2.12. The van der Waals surface area contributed by atoms with E-state index in [1.165, 1.54) is 0 Å². The average Bonchev–Trinajstić information content (AvgIpc) is 3.12. The van der Waals surface area contributed by atoms with Crippen LogP contribution in [0.25, 0.3) is 0 Å². The minimum atomic E-state index is -0.559. The highest BCUT2D eigenvalue weighted by Gasteiger charge is 2.41. The third-order valence-corrected chi connectivity index (χ3v) is 8.07. The van der Waals surface area contributed by atoms with E-state index in [4.69, 9.17) is 21.1 Å². The van der Waals surface area contributed by atoms with E-state index in [-0.39, 0.29) is 17.6 Å². The molecule has 1 heterocycles. The lowest BCUT2D eigenvalue weighted by molar-refractivity contribution is -0.119. The third-order valence-electron chi connectivity index (χ3n) is 7.82. The zero-order chi connectivity index (χ0) is 28.2. The molecule has 0 aromatic heterocycles. The maximum absolute atomic E-state index is 14.2. The number of ether oxygens (including phenoxy) is 2. The number of ketones is 1. The van der Waals surface area contributed by atoms with Crippen LogP contribution in [0.2, 0.25) is 5.02 Å². The van der Waals surface area contributed by atoms with Crippen molar-refractivity contribution in [1.29, 1.82) is 0 Å². The zero-order valence-corrected chi connectivity index (χ0v) is 24.0. The Bertz CT molecular complexity index is 1430. The van der Waals surface area contributed by atoms with Crippen LogP contribution in [0.1, 0.15) is 68.5 Å². The number of Topliss-reactive ketones (excluding diaryl/α,β-unsaturated/α-hetero) is 1. The van der Waals surface area contributed by atoms with Crippen molar-refractivity contribution in [2.75, 3.05) is 24.4 Å². The summed E-state index contributed by atoms with van der Waals surface area (Å²) in [6.07, 6.45) is 4.16. The van der Waals surface area contributed by atoms with Gasteiger partial charge in [-0.25, -0.2) is 0 Å². The van der Waals surface area contributed by atoms with Crippen LogP contribution in [-0.4, -0.2) is 25.9 Å². The van der Waals surface area contributed by atoms with Crippen molar-refractivity contribution in [2.24, 2.45) is 0 Å². The van der Waals surface area contributed by atoms with Crippen LogP contribution in [0, 0.1) is 0 Å². The van der Waals surface area contributed by atoms with Crippen molar-refractivity contribution in [3.05, 3.63) is 94.1 Å². The van der Waals surface area contributed by atoms with E-state index in [1.807, 2.05) is 71.6 Å². The number of para-hydroxylation sites is 2. The molecule has 0 saturated heterocycles. The fourth-order valence-electron chi connectivity index (χ4n) is 5.81. The summed E-state index contributed by atoms with van der Waals surface area (Å²) in [4.78, 5) is 29.9. The van der Waals surface area contributed by atoms with Gasteiger partial charge in [0.1, 0.15) is 0 Å². The SMILES string of the molecule is CCCCCC(=O)N1c2ccccc2NC2=C(C(=O)C[C@H](c3ccc(OC)c(OC)c3)C2)[C@@H]1c1ccc(Cl)cc1. The first-order valence-corrected chi connectivity index (χ1v) is 14.2. The van der Waals surface area contributed by atoms with Gasteiger partial charge in [-0.3, -0.25) is 14.5 Å². The molecule has 3 aromatic rings. The minimum Gasteiger partial charge on any atom is -0.493 e. The quantitative estimate of drug-likeness (QED) is 0.285. The van der Waals surface area contributed by atoms with Crippen LogP contribution >= 0.6 is 11.6 Å². The Morgan fingerprint density at radius 1 is 0.950 bits per heavy atom. The van der Waals surface area contributed by atoms with Gasteiger partial charge in [-0.05, 0) is 66.3 Å². The molecule has 0 unspecified atom stereocenters. The molecule has 208 valence electrons. The van der Waals surface area contributed by atoms with Crippen molar-refractivity contribution in [1.82, 2.24) is 0 Å². The Morgan fingerprint density at radius 2 is 1.68 bits per heavy atom. The highest BCUT2D eigenvalue weighted by molar-refractivity contribution is 6.30. The first-order chi connectivity index (χ1) is 19.4. The minimum absolute atomic E-state index is 0.00575. The van der Waals surface area contributed by atoms with Crippen molar-refractivity contribution in [3.8, 4) is 11.5 Å². The molecular formula is C33H35ClN2O4. The summed E-state index contributed by atoms with van der Waals surface area (Å²) >= 11 is 6.26. The number of nitrogens with zero attached hydrogens (tertiary/aromatic N) is 1. The first kappa shape index (κ1) is 27.8. The molecule has 1 aliphatic carbocycles. The fourth-order valence-corrected chi connectivity index (χ4v) is 5.94. The summed E-state index contributed by atoms with van der Waals surface area (Å²) < 4.78 is 11.0. The molecular weight excluding hydrogens is 524 g/mol. The van der Waals surface area contributed by atoms with Gasteiger partial charge in [-0.15, -0.1) is 0 Å². The van der Waals surface area contributed by atoms with Gasteiger partial charge in [0, 0.05) is 29.1 Å². The molecule has 0 spiro atoms. The number of nitrogens with one attached hydrogen (secondary N) is 1. The number of anilines is 2. The van der Waals surface area contributed by atoms with Gasteiger partial charge in [0.2, 0.25) is 5.91 Å². The first-order valence-electron chi connectivity index (χ1n) is 13.9. The van der Waals surface area contributed by atoms with Crippen LogP contribution in [0.15, 0.2) is 78.0 Å². The molecule has 2 atom stereocenters. The molecule has 6 nitrogen and oxygen atoms in total. The Hall–Kier alpha value is -3.77. The van der Waals surface area contributed by atoms with Gasteiger partial charge in [-0.1, -0.05) is 61.7 Å². The number of hydrogen-bond donors (Lipinski definition) is 1. The molecule has 0 saturated carbocycles. The van der Waals surface area contributed by atoms with Crippen LogP contribution in [-0.2, 0) is 9.59 Å². The van der Waals surface area contributed by atoms with Gasteiger partial charge in [0.25, 0.3) is 0 Å². The van der Waals surface area contributed by atoms with Gasteiger partial charge < -0.3 is 14.8 Å². The van der Waals surface area contributed by atoms with Crippen LogP contribution in [0.4, 0.5) is 11.4 Å². The van der Waals surface area contributed by atoms with E-state index < -0.39 is 6.04 Å². The van der Waals surface area contributed by atoms with E-state index in [9.17, 15) is 9.59 Å².